The highest BCUT2D eigenvalue weighted by Crippen LogP contribution is 2.17. The average molecular weight is 391 g/mol. The zero-order valence-corrected chi connectivity index (χ0v) is 16.6. The summed E-state index contributed by atoms with van der Waals surface area (Å²) >= 11 is 0. The molecule has 8 heteroatoms. The predicted molar refractivity (Wildman–Crippen MR) is 104 cm³/mol. The maximum atomic E-state index is 12.5. The minimum Gasteiger partial charge on any atom is -0.497 e. The summed E-state index contributed by atoms with van der Waals surface area (Å²) in [5.41, 5.74) is 0.807. The number of rotatable bonds is 10. The van der Waals surface area contributed by atoms with Gasteiger partial charge in [0.2, 0.25) is 5.91 Å². The van der Waals surface area contributed by atoms with Gasteiger partial charge in [0.1, 0.15) is 11.8 Å². The van der Waals surface area contributed by atoms with E-state index < -0.39 is 12.1 Å². The second kappa shape index (κ2) is 10.1. The molecule has 0 radical (unpaired) electrons. The molecular formula is C20H29N3O5. The van der Waals surface area contributed by atoms with E-state index in [9.17, 15) is 19.5 Å². The minimum atomic E-state index is -0.715. The molecule has 0 unspecified atom stereocenters. The zero-order valence-electron chi connectivity index (χ0n) is 16.6. The highest BCUT2D eigenvalue weighted by molar-refractivity contribution is 6.04. The van der Waals surface area contributed by atoms with Crippen LogP contribution in [-0.2, 0) is 16.1 Å². The maximum Gasteiger partial charge on any atom is 0.325 e. The molecule has 2 rings (SSSR count). The third-order valence-corrected chi connectivity index (χ3v) is 5.14. The van der Waals surface area contributed by atoms with Crippen LogP contribution >= 0.6 is 0 Å². The standard InChI is InChI=1S/C20H29N3O5/c1-4-13(2)17(12-24)21-18(25)10-9-16-19(26)23(20(27)22-16)11-14-5-7-15(28-3)8-6-14/h5-8,13,16-17,24H,4,9-12H2,1-3H3,(H,21,25)(H,22,27)/t13-,16+,17-/m0/s1. The molecule has 0 saturated carbocycles. The first-order valence-corrected chi connectivity index (χ1v) is 9.54. The zero-order chi connectivity index (χ0) is 20.7. The van der Waals surface area contributed by atoms with Gasteiger partial charge < -0.3 is 20.5 Å². The van der Waals surface area contributed by atoms with E-state index in [4.69, 9.17) is 4.74 Å². The highest BCUT2D eigenvalue weighted by Gasteiger charge is 2.37. The van der Waals surface area contributed by atoms with Crippen LogP contribution in [0.2, 0.25) is 0 Å². The van der Waals surface area contributed by atoms with Gasteiger partial charge in [-0.25, -0.2) is 4.79 Å². The van der Waals surface area contributed by atoms with Gasteiger partial charge in [0.15, 0.2) is 0 Å². The third kappa shape index (κ3) is 5.45. The molecule has 0 aromatic heterocycles. The Labute approximate surface area is 165 Å². The molecule has 1 aromatic carbocycles. The number of imide groups is 1. The molecular weight excluding hydrogens is 362 g/mol. The quantitative estimate of drug-likeness (QED) is 0.523. The minimum absolute atomic E-state index is 0.0972. The number of amides is 4. The summed E-state index contributed by atoms with van der Waals surface area (Å²) in [4.78, 5) is 38.0. The van der Waals surface area contributed by atoms with Crippen molar-refractivity contribution >= 4 is 17.8 Å². The van der Waals surface area contributed by atoms with E-state index in [0.717, 1.165) is 16.9 Å². The van der Waals surface area contributed by atoms with Gasteiger partial charge in [-0.3, -0.25) is 14.5 Å². The number of nitrogens with one attached hydrogen (secondary N) is 2. The number of aliphatic hydroxyl groups excluding tert-OH is 1. The molecule has 0 bridgehead atoms. The highest BCUT2D eigenvalue weighted by atomic mass is 16.5. The van der Waals surface area contributed by atoms with Crippen molar-refractivity contribution in [3.8, 4) is 5.75 Å². The third-order valence-electron chi connectivity index (χ3n) is 5.14. The Kier molecular flexibility index (Phi) is 7.80. The smallest absolute Gasteiger partial charge is 0.325 e. The number of urea groups is 1. The van der Waals surface area contributed by atoms with E-state index in [1.807, 2.05) is 13.8 Å². The number of hydrogen-bond acceptors (Lipinski definition) is 5. The summed E-state index contributed by atoms with van der Waals surface area (Å²) in [5, 5.41) is 14.8. The predicted octanol–water partition coefficient (Wildman–Crippen LogP) is 1.42. The van der Waals surface area contributed by atoms with Crippen molar-refractivity contribution in [2.24, 2.45) is 5.92 Å². The van der Waals surface area contributed by atoms with Gasteiger partial charge in [-0.2, -0.15) is 0 Å². The van der Waals surface area contributed by atoms with Gasteiger partial charge >= 0.3 is 6.03 Å². The Bertz CT molecular complexity index is 692. The Hall–Kier alpha value is -2.61. The molecule has 1 saturated heterocycles. The molecule has 3 atom stereocenters. The summed E-state index contributed by atoms with van der Waals surface area (Å²) in [5.74, 6) is 0.273. The van der Waals surface area contributed by atoms with Crippen molar-refractivity contribution in [3.63, 3.8) is 0 Å². The van der Waals surface area contributed by atoms with Crippen molar-refractivity contribution in [2.45, 2.75) is 51.7 Å². The summed E-state index contributed by atoms with van der Waals surface area (Å²) in [7, 11) is 1.57. The van der Waals surface area contributed by atoms with Crippen molar-refractivity contribution in [1.29, 1.82) is 0 Å². The molecule has 1 heterocycles. The molecule has 1 aromatic rings. The largest absolute Gasteiger partial charge is 0.497 e. The summed E-state index contributed by atoms with van der Waals surface area (Å²) < 4.78 is 5.10. The van der Waals surface area contributed by atoms with Gasteiger partial charge in [-0.15, -0.1) is 0 Å². The van der Waals surface area contributed by atoms with Crippen LogP contribution in [0.15, 0.2) is 24.3 Å². The van der Waals surface area contributed by atoms with E-state index >= 15 is 0 Å². The first-order chi connectivity index (χ1) is 13.4. The van der Waals surface area contributed by atoms with E-state index in [1.165, 1.54) is 0 Å². The summed E-state index contributed by atoms with van der Waals surface area (Å²) in [6.45, 7) is 3.98. The lowest BCUT2D eigenvalue weighted by molar-refractivity contribution is -0.128. The molecule has 0 aliphatic carbocycles. The average Bonchev–Trinajstić information content (AvgIpc) is 2.97. The first-order valence-electron chi connectivity index (χ1n) is 9.54. The Morgan fingerprint density at radius 3 is 2.57 bits per heavy atom. The number of nitrogens with zero attached hydrogens (tertiary/aromatic N) is 1. The van der Waals surface area contributed by atoms with E-state index in [1.54, 1.807) is 31.4 Å². The van der Waals surface area contributed by atoms with Gasteiger partial charge in [-0.05, 0) is 30.0 Å². The van der Waals surface area contributed by atoms with Gasteiger partial charge in [-0.1, -0.05) is 32.4 Å². The van der Waals surface area contributed by atoms with Crippen LogP contribution < -0.4 is 15.4 Å². The SMILES string of the molecule is CC[C@H](C)[C@H](CO)NC(=O)CC[C@H]1NC(=O)N(Cc2ccc(OC)cc2)C1=O. The van der Waals surface area contributed by atoms with Crippen LogP contribution in [0, 0.1) is 5.92 Å². The van der Waals surface area contributed by atoms with Crippen molar-refractivity contribution in [3.05, 3.63) is 29.8 Å². The number of carbonyl (C=O) groups is 3. The molecule has 1 aliphatic heterocycles. The van der Waals surface area contributed by atoms with Crippen LogP contribution in [0.1, 0.15) is 38.7 Å². The van der Waals surface area contributed by atoms with Crippen LogP contribution in [-0.4, -0.2) is 53.7 Å². The fourth-order valence-electron chi connectivity index (χ4n) is 3.04. The monoisotopic (exact) mass is 391 g/mol. The number of aliphatic hydroxyl groups is 1. The van der Waals surface area contributed by atoms with Crippen molar-refractivity contribution in [2.75, 3.05) is 13.7 Å². The van der Waals surface area contributed by atoms with Crippen LogP contribution in [0.5, 0.6) is 5.75 Å². The molecule has 1 aliphatic rings. The van der Waals surface area contributed by atoms with E-state index in [-0.39, 0.29) is 49.8 Å². The number of ether oxygens (including phenoxy) is 1. The summed E-state index contributed by atoms with van der Waals surface area (Å²) in [6.07, 6.45) is 1.15. The molecule has 28 heavy (non-hydrogen) atoms. The van der Waals surface area contributed by atoms with Crippen LogP contribution in [0.4, 0.5) is 4.79 Å². The Balaban J connectivity index is 1.87. The fraction of sp³-hybridized carbons (Fsp3) is 0.550. The van der Waals surface area contributed by atoms with E-state index in [0.29, 0.717) is 5.75 Å². The summed E-state index contributed by atoms with van der Waals surface area (Å²) in [6, 6.07) is 5.65. The first kappa shape index (κ1) is 21.7. The van der Waals surface area contributed by atoms with Crippen molar-refractivity contribution in [1.82, 2.24) is 15.5 Å². The number of hydrogen-bond donors (Lipinski definition) is 3. The van der Waals surface area contributed by atoms with Gasteiger partial charge in [0.05, 0.1) is 26.3 Å². The molecule has 3 N–H and O–H groups in total. The number of carbonyl (C=O) groups excluding carboxylic acids is 3. The molecule has 1 fully saturated rings. The van der Waals surface area contributed by atoms with Crippen LogP contribution in [0.3, 0.4) is 0 Å². The maximum absolute atomic E-state index is 12.5. The molecule has 4 amide bonds. The lowest BCUT2D eigenvalue weighted by Gasteiger charge is -2.22. The fourth-order valence-corrected chi connectivity index (χ4v) is 3.04. The second-order valence-corrected chi connectivity index (χ2v) is 7.06. The number of methoxy groups -OCH3 is 1. The van der Waals surface area contributed by atoms with Gasteiger partial charge in [0, 0.05) is 6.42 Å². The Morgan fingerprint density at radius 1 is 1.32 bits per heavy atom. The molecule has 154 valence electrons. The van der Waals surface area contributed by atoms with Gasteiger partial charge in [0.25, 0.3) is 5.91 Å². The lowest BCUT2D eigenvalue weighted by Crippen LogP contribution is -2.42. The topological polar surface area (TPSA) is 108 Å². The second-order valence-electron chi connectivity index (χ2n) is 7.06. The Morgan fingerprint density at radius 2 is 2.00 bits per heavy atom. The lowest BCUT2D eigenvalue weighted by atomic mass is 9.99. The van der Waals surface area contributed by atoms with E-state index in [2.05, 4.69) is 10.6 Å². The van der Waals surface area contributed by atoms with Crippen molar-refractivity contribution < 1.29 is 24.2 Å². The molecule has 0 spiro atoms. The molecule has 8 nitrogen and oxygen atoms in total. The van der Waals surface area contributed by atoms with Crippen LogP contribution in [0.25, 0.3) is 0 Å². The number of benzene rings is 1. The normalized spacial score (nSPS) is 18.6.